The van der Waals surface area contributed by atoms with E-state index in [1.807, 2.05) is 11.9 Å². The Labute approximate surface area is 54.3 Å². The summed E-state index contributed by atoms with van der Waals surface area (Å²) in [5, 5.41) is 2.68. The second-order valence-electron chi connectivity index (χ2n) is 2.20. The summed E-state index contributed by atoms with van der Waals surface area (Å²) in [6, 6.07) is 0. The van der Waals surface area contributed by atoms with Crippen molar-refractivity contribution in [2.45, 2.75) is 0 Å². The lowest BCUT2D eigenvalue weighted by atomic mass is 10.3. The van der Waals surface area contributed by atoms with Crippen molar-refractivity contribution in [2.24, 2.45) is 0 Å². The van der Waals surface area contributed by atoms with Crippen molar-refractivity contribution in [1.29, 1.82) is 0 Å². The Morgan fingerprint density at radius 2 is 2.44 bits per heavy atom. The summed E-state index contributed by atoms with van der Waals surface area (Å²) < 4.78 is 0. The summed E-state index contributed by atoms with van der Waals surface area (Å²) >= 11 is 0. The Kier molecular flexibility index (Phi) is 1.42. The molecule has 0 radical (unpaired) electrons. The number of likely N-dealkylation sites (N-methyl/N-ethyl adjacent to an activating group) is 1. The first-order valence-corrected chi connectivity index (χ1v) is 2.86. The zero-order chi connectivity index (χ0) is 6.85. The SMILES string of the molecule is C=C1CNC(=O)CN1C. The average Bonchev–Trinajstić information content (AvgIpc) is 1.80. The third kappa shape index (κ3) is 1.22. The van der Waals surface area contributed by atoms with E-state index in [0.29, 0.717) is 13.1 Å². The van der Waals surface area contributed by atoms with Gasteiger partial charge in [0.25, 0.3) is 0 Å². The van der Waals surface area contributed by atoms with Gasteiger partial charge in [0.05, 0.1) is 13.1 Å². The predicted molar refractivity (Wildman–Crippen MR) is 34.8 cm³/mol. The number of nitrogens with one attached hydrogen (secondary N) is 1. The van der Waals surface area contributed by atoms with Gasteiger partial charge >= 0.3 is 0 Å². The smallest absolute Gasteiger partial charge is 0.239 e. The number of rotatable bonds is 0. The van der Waals surface area contributed by atoms with Crippen LogP contribution in [0.3, 0.4) is 0 Å². The van der Waals surface area contributed by atoms with Crippen LogP contribution in [-0.4, -0.2) is 30.9 Å². The Morgan fingerprint density at radius 3 is 2.89 bits per heavy atom. The minimum absolute atomic E-state index is 0.0740. The molecule has 50 valence electrons. The first-order chi connectivity index (χ1) is 4.20. The van der Waals surface area contributed by atoms with Crippen LogP contribution in [0.5, 0.6) is 0 Å². The van der Waals surface area contributed by atoms with Crippen LogP contribution >= 0.6 is 0 Å². The fourth-order valence-electron chi connectivity index (χ4n) is 0.719. The lowest BCUT2D eigenvalue weighted by Crippen LogP contribution is -2.43. The molecule has 3 nitrogen and oxygen atoms in total. The molecule has 0 spiro atoms. The third-order valence-electron chi connectivity index (χ3n) is 1.41. The van der Waals surface area contributed by atoms with Crippen LogP contribution in [0.15, 0.2) is 12.3 Å². The molecule has 0 aromatic rings. The third-order valence-corrected chi connectivity index (χ3v) is 1.41. The molecule has 0 aromatic heterocycles. The molecule has 1 rings (SSSR count). The molecule has 0 bridgehead atoms. The lowest BCUT2D eigenvalue weighted by Gasteiger charge is -2.26. The molecule has 1 saturated heterocycles. The van der Waals surface area contributed by atoms with Crippen molar-refractivity contribution in [3.05, 3.63) is 12.3 Å². The number of amides is 1. The molecule has 0 saturated carbocycles. The van der Waals surface area contributed by atoms with Crippen LogP contribution in [0.1, 0.15) is 0 Å². The molecule has 0 atom stereocenters. The maximum absolute atomic E-state index is 10.6. The highest BCUT2D eigenvalue weighted by Crippen LogP contribution is 1.99. The molecule has 1 aliphatic heterocycles. The van der Waals surface area contributed by atoms with Crippen LogP contribution in [0.2, 0.25) is 0 Å². The van der Waals surface area contributed by atoms with Crippen LogP contribution in [0.25, 0.3) is 0 Å². The van der Waals surface area contributed by atoms with Gasteiger partial charge in [0, 0.05) is 12.7 Å². The van der Waals surface area contributed by atoms with Crippen molar-refractivity contribution >= 4 is 5.91 Å². The highest BCUT2D eigenvalue weighted by molar-refractivity contribution is 5.79. The van der Waals surface area contributed by atoms with Gasteiger partial charge in [0.1, 0.15) is 0 Å². The maximum atomic E-state index is 10.6. The van der Waals surface area contributed by atoms with Gasteiger partial charge in [-0.2, -0.15) is 0 Å². The maximum Gasteiger partial charge on any atom is 0.239 e. The number of carbonyl (C=O) groups is 1. The number of piperazine rings is 1. The average molecular weight is 126 g/mol. The lowest BCUT2D eigenvalue weighted by molar-refractivity contribution is -0.122. The van der Waals surface area contributed by atoms with Gasteiger partial charge in [-0.25, -0.2) is 0 Å². The zero-order valence-corrected chi connectivity index (χ0v) is 5.48. The number of hydrogen-bond donors (Lipinski definition) is 1. The van der Waals surface area contributed by atoms with Crippen LogP contribution in [-0.2, 0) is 4.79 Å². The van der Waals surface area contributed by atoms with E-state index in [4.69, 9.17) is 0 Å². The predicted octanol–water partition coefficient (Wildman–Crippen LogP) is -0.438. The summed E-state index contributed by atoms with van der Waals surface area (Å²) in [5.74, 6) is 0.0740. The number of hydrogen-bond acceptors (Lipinski definition) is 2. The van der Waals surface area contributed by atoms with Gasteiger partial charge in [0.15, 0.2) is 0 Å². The van der Waals surface area contributed by atoms with E-state index in [0.717, 1.165) is 5.70 Å². The van der Waals surface area contributed by atoms with E-state index in [9.17, 15) is 4.79 Å². The molecule has 1 heterocycles. The Balaban J connectivity index is 2.54. The molecule has 1 aliphatic rings. The minimum Gasteiger partial charge on any atom is -0.368 e. The summed E-state index contributed by atoms with van der Waals surface area (Å²) in [6.07, 6.45) is 0. The fraction of sp³-hybridized carbons (Fsp3) is 0.500. The standard InChI is InChI=1S/C6H10N2O/c1-5-3-7-6(9)4-8(5)2/h1,3-4H2,2H3,(H,7,9). The van der Waals surface area contributed by atoms with Crippen molar-refractivity contribution in [3.63, 3.8) is 0 Å². The highest BCUT2D eigenvalue weighted by Gasteiger charge is 2.13. The Morgan fingerprint density at radius 1 is 1.78 bits per heavy atom. The summed E-state index contributed by atoms with van der Waals surface area (Å²) in [6.45, 7) is 4.78. The molecular weight excluding hydrogens is 116 g/mol. The van der Waals surface area contributed by atoms with Crippen molar-refractivity contribution < 1.29 is 4.79 Å². The summed E-state index contributed by atoms with van der Waals surface area (Å²) in [5.41, 5.74) is 0.967. The van der Waals surface area contributed by atoms with Crippen LogP contribution in [0.4, 0.5) is 0 Å². The van der Waals surface area contributed by atoms with Gasteiger partial charge in [-0.1, -0.05) is 6.58 Å². The van der Waals surface area contributed by atoms with E-state index in [1.165, 1.54) is 0 Å². The molecule has 1 fully saturated rings. The van der Waals surface area contributed by atoms with Crippen LogP contribution < -0.4 is 5.32 Å². The van der Waals surface area contributed by atoms with Gasteiger partial charge in [-0.05, 0) is 0 Å². The molecule has 3 heteroatoms. The normalized spacial score (nSPS) is 19.9. The van der Waals surface area contributed by atoms with Gasteiger partial charge in [-0.15, -0.1) is 0 Å². The molecule has 0 aliphatic carbocycles. The number of carbonyl (C=O) groups excluding carboxylic acids is 1. The fourth-order valence-corrected chi connectivity index (χ4v) is 0.719. The summed E-state index contributed by atoms with van der Waals surface area (Å²) in [4.78, 5) is 12.5. The van der Waals surface area contributed by atoms with Gasteiger partial charge in [-0.3, -0.25) is 4.79 Å². The van der Waals surface area contributed by atoms with Gasteiger partial charge < -0.3 is 10.2 Å². The molecule has 1 N–H and O–H groups in total. The van der Waals surface area contributed by atoms with E-state index >= 15 is 0 Å². The minimum atomic E-state index is 0.0740. The van der Waals surface area contributed by atoms with Crippen molar-refractivity contribution in [3.8, 4) is 0 Å². The second-order valence-corrected chi connectivity index (χ2v) is 2.20. The molecule has 1 amide bonds. The van der Waals surface area contributed by atoms with E-state index in [1.54, 1.807) is 0 Å². The molecular formula is C6H10N2O. The van der Waals surface area contributed by atoms with E-state index < -0.39 is 0 Å². The molecule has 0 aromatic carbocycles. The zero-order valence-electron chi connectivity index (χ0n) is 5.48. The Hall–Kier alpha value is -0.990. The monoisotopic (exact) mass is 126 g/mol. The van der Waals surface area contributed by atoms with E-state index in [-0.39, 0.29) is 5.91 Å². The molecule has 9 heavy (non-hydrogen) atoms. The largest absolute Gasteiger partial charge is 0.368 e. The van der Waals surface area contributed by atoms with E-state index in [2.05, 4.69) is 11.9 Å². The van der Waals surface area contributed by atoms with Crippen molar-refractivity contribution in [2.75, 3.05) is 20.1 Å². The topological polar surface area (TPSA) is 32.3 Å². The van der Waals surface area contributed by atoms with Gasteiger partial charge in [0.2, 0.25) is 5.91 Å². The Bertz CT molecular complexity index is 153. The first kappa shape index (κ1) is 6.13. The van der Waals surface area contributed by atoms with Crippen LogP contribution in [0, 0.1) is 0 Å². The number of nitrogens with zero attached hydrogens (tertiary/aromatic N) is 1. The quantitative estimate of drug-likeness (QED) is 0.477. The second kappa shape index (κ2) is 2.09. The molecule has 0 unspecified atom stereocenters. The first-order valence-electron chi connectivity index (χ1n) is 2.86. The summed E-state index contributed by atoms with van der Waals surface area (Å²) in [7, 11) is 1.86. The van der Waals surface area contributed by atoms with Crippen molar-refractivity contribution in [1.82, 2.24) is 10.2 Å². The highest BCUT2D eigenvalue weighted by atomic mass is 16.2.